The van der Waals surface area contributed by atoms with E-state index in [4.69, 9.17) is 0 Å². The minimum atomic E-state index is -0.142. The topological polar surface area (TPSA) is 40.5 Å². The molecule has 0 rings (SSSR count). The number of rotatable bonds is 30. The number of allylic oxidation sites excluding steroid dienone is 5. The molecule has 0 saturated carbocycles. The molecule has 2 heteroatoms. The first-order chi connectivity index (χ1) is 18.7. The van der Waals surface area contributed by atoms with Crippen molar-refractivity contribution < 1.29 is 10.2 Å². The molecule has 0 amide bonds. The molecule has 2 atom stereocenters. The predicted octanol–water partition coefficient (Wildman–Crippen LogP) is 11.4. The first-order valence-corrected chi connectivity index (χ1v) is 16.9. The van der Waals surface area contributed by atoms with E-state index in [-0.39, 0.29) is 12.2 Å². The maximum Gasteiger partial charge on any atom is 0.0574 e. The van der Waals surface area contributed by atoms with Crippen molar-refractivity contribution in [2.24, 2.45) is 0 Å². The minimum absolute atomic E-state index is 0.0568. The van der Waals surface area contributed by atoms with Crippen molar-refractivity contribution in [3.8, 4) is 0 Å². The maximum absolute atomic E-state index is 10.0. The summed E-state index contributed by atoms with van der Waals surface area (Å²) in [5.41, 5.74) is 0. The molecular weight excluding hydrogens is 464 g/mol. The fourth-order valence-electron chi connectivity index (χ4n) is 4.94. The van der Waals surface area contributed by atoms with Crippen LogP contribution in [0, 0.1) is 6.08 Å². The summed E-state index contributed by atoms with van der Waals surface area (Å²) >= 11 is 0. The highest BCUT2D eigenvalue weighted by atomic mass is 16.3. The molecule has 223 valence electrons. The number of aliphatic hydroxyl groups is 2. The normalized spacial score (nSPS) is 13.9. The van der Waals surface area contributed by atoms with Crippen LogP contribution in [0.1, 0.15) is 181 Å². The van der Waals surface area contributed by atoms with Crippen molar-refractivity contribution in [1.29, 1.82) is 0 Å². The molecule has 0 aromatic rings. The van der Waals surface area contributed by atoms with E-state index in [1.54, 1.807) is 0 Å². The van der Waals surface area contributed by atoms with E-state index in [1.165, 1.54) is 122 Å². The van der Waals surface area contributed by atoms with Gasteiger partial charge in [0.1, 0.15) is 0 Å². The van der Waals surface area contributed by atoms with Gasteiger partial charge < -0.3 is 10.2 Å². The highest BCUT2D eigenvalue weighted by Crippen LogP contribution is 2.14. The van der Waals surface area contributed by atoms with E-state index in [1.807, 2.05) is 0 Å². The summed E-state index contributed by atoms with van der Waals surface area (Å²) in [6.45, 7) is 4.46. The van der Waals surface area contributed by atoms with Crippen LogP contribution in [0.3, 0.4) is 0 Å². The number of hydrogen-bond acceptors (Lipinski definition) is 2. The molecule has 0 fully saturated rings. The number of aliphatic hydroxyl groups excluding tert-OH is 2. The summed E-state index contributed by atoms with van der Waals surface area (Å²) in [5.74, 6) is 0. The molecule has 1 unspecified atom stereocenters. The van der Waals surface area contributed by atoms with Gasteiger partial charge in [-0.05, 0) is 70.3 Å². The SMILES string of the molecule is CCCCCCC(O)CCCCCCCCCC=C/[C]=C/CCCCCC/C=C\C[C@H](O)CCCCCC. The Labute approximate surface area is 239 Å². The van der Waals surface area contributed by atoms with Gasteiger partial charge >= 0.3 is 0 Å². The zero-order valence-corrected chi connectivity index (χ0v) is 25.8. The van der Waals surface area contributed by atoms with Crippen LogP contribution in [0.25, 0.3) is 0 Å². The van der Waals surface area contributed by atoms with Gasteiger partial charge in [-0.15, -0.1) is 0 Å². The Hall–Kier alpha value is -0.860. The lowest BCUT2D eigenvalue weighted by Gasteiger charge is -2.10. The van der Waals surface area contributed by atoms with Gasteiger partial charge in [-0.2, -0.15) is 0 Å². The van der Waals surface area contributed by atoms with Gasteiger partial charge in [-0.25, -0.2) is 0 Å². The Morgan fingerprint density at radius 1 is 0.474 bits per heavy atom. The van der Waals surface area contributed by atoms with Gasteiger partial charge in [-0.1, -0.05) is 147 Å². The zero-order chi connectivity index (χ0) is 27.8. The van der Waals surface area contributed by atoms with Gasteiger partial charge in [-0.3, -0.25) is 0 Å². The summed E-state index contributed by atoms with van der Waals surface area (Å²) in [7, 11) is 0. The van der Waals surface area contributed by atoms with Crippen molar-refractivity contribution >= 4 is 0 Å². The smallest absolute Gasteiger partial charge is 0.0574 e. The molecule has 38 heavy (non-hydrogen) atoms. The van der Waals surface area contributed by atoms with Crippen LogP contribution in [-0.4, -0.2) is 22.4 Å². The first kappa shape index (κ1) is 37.1. The van der Waals surface area contributed by atoms with Crippen LogP contribution in [0.2, 0.25) is 0 Å². The van der Waals surface area contributed by atoms with Crippen molar-refractivity contribution in [3.05, 3.63) is 36.5 Å². The molecule has 0 spiro atoms. The van der Waals surface area contributed by atoms with E-state index in [9.17, 15) is 10.2 Å². The average molecular weight is 532 g/mol. The summed E-state index contributed by atoms with van der Waals surface area (Å²) in [5, 5.41) is 20.0. The molecule has 0 aliphatic carbocycles. The second-order valence-corrected chi connectivity index (χ2v) is 11.5. The van der Waals surface area contributed by atoms with Gasteiger partial charge in [0.05, 0.1) is 12.2 Å². The lowest BCUT2D eigenvalue weighted by atomic mass is 10.0. The predicted molar refractivity (Wildman–Crippen MR) is 169 cm³/mol. The molecule has 0 saturated heterocycles. The standard InChI is InChI=1S/C36H67O2/c1-3-5-7-27-31-35(37)33-29-25-23-21-19-17-15-13-11-9-10-12-14-16-18-20-22-24-26-30-34-36(38)32-28-8-6-4-2/h9,11-12,26,30,35-38H,3-8,13-25,27-29,31-34H2,1-2H3/b11-9?,12-10?,30-26-/t35?,36-/m1/s1. The highest BCUT2D eigenvalue weighted by molar-refractivity contribution is 4.95. The zero-order valence-electron chi connectivity index (χ0n) is 25.8. The molecule has 0 bridgehead atoms. The third-order valence-corrected chi connectivity index (χ3v) is 7.57. The Morgan fingerprint density at radius 3 is 1.50 bits per heavy atom. The third kappa shape index (κ3) is 31.4. The lowest BCUT2D eigenvalue weighted by molar-refractivity contribution is 0.147. The molecular formula is C36H67O2. The molecule has 0 heterocycles. The monoisotopic (exact) mass is 532 g/mol. The van der Waals surface area contributed by atoms with Gasteiger partial charge in [0.15, 0.2) is 0 Å². The molecule has 2 N–H and O–H groups in total. The van der Waals surface area contributed by atoms with Crippen LogP contribution < -0.4 is 0 Å². The highest BCUT2D eigenvalue weighted by Gasteiger charge is 2.03. The van der Waals surface area contributed by atoms with Crippen LogP contribution >= 0.6 is 0 Å². The minimum Gasteiger partial charge on any atom is -0.393 e. The fourth-order valence-corrected chi connectivity index (χ4v) is 4.94. The second-order valence-electron chi connectivity index (χ2n) is 11.5. The van der Waals surface area contributed by atoms with E-state index < -0.39 is 0 Å². The lowest BCUT2D eigenvalue weighted by Crippen LogP contribution is -2.05. The summed E-state index contributed by atoms with van der Waals surface area (Å²) in [6, 6.07) is 0. The number of unbranched alkanes of at least 4 members (excludes halogenated alkanes) is 18. The van der Waals surface area contributed by atoms with Crippen molar-refractivity contribution in [2.45, 2.75) is 193 Å². The van der Waals surface area contributed by atoms with Gasteiger partial charge in [0.2, 0.25) is 0 Å². The van der Waals surface area contributed by atoms with Crippen LogP contribution in [-0.2, 0) is 0 Å². The van der Waals surface area contributed by atoms with Crippen molar-refractivity contribution in [2.75, 3.05) is 0 Å². The van der Waals surface area contributed by atoms with E-state index >= 15 is 0 Å². The van der Waals surface area contributed by atoms with Gasteiger partial charge in [0, 0.05) is 0 Å². The molecule has 0 aromatic heterocycles. The van der Waals surface area contributed by atoms with E-state index in [2.05, 4.69) is 50.3 Å². The number of hydrogen-bond donors (Lipinski definition) is 2. The molecule has 2 nitrogen and oxygen atoms in total. The Kier molecular flexibility index (Phi) is 31.6. The summed E-state index contributed by atoms with van der Waals surface area (Å²) in [6.07, 6.45) is 45.7. The van der Waals surface area contributed by atoms with Gasteiger partial charge in [0.25, 0.3) is 0 Å². The van der Waals surface area contributed by atoms with Crippen LogP contribution in [0.15, 0.2) is 30.4 Å². The third-order valence-electron chi connectivity index (χ3n) is 7.57. The quantitative estimate of drug-likeness (QED) is 0.0549. The molecule has 0 aliphatic heterocycles. The summed E-state index contributed by atoms with van der Waals surface area (Å²) < 4.78 is 0. The Balaban J connectivity index is 3.32. The second kappa shape index (κ2) is 32.4. The van der Waals surface area contributed by atoms with Crippen LogP contribution in [0.4, 0.5) is 0 Å². The van der Waals surface area contributed by atoms with Crippen molar-refractivity contribution in [1.82, 2.24) is 0 Å². The Bertz CT molecular complexity index is 521. The maximum atomic E-state index is 10.0. The molecule has 1 radical (unpaired) electrons. The molecule has 0 aromatic carbocycles. The first-order valence-electron chi connectivity index (χ1n) is 16.9. The largest absolute Gasteiger partial charge is 0.393 e. The molecule has 0 aliphatic rings. The van der Waals surface area contributed by atoms with Crippen LogP contribution in [0.5, 0.6) is 0 Å². The van der Waals surface area contributed by atoms with Crippen molar-refractivity contribution in [3.63, 3.8) is 0 Å². The van der Waals surface area contributed by atoms with E-state index in [0.29, 0.717) is 0 Å². The average Bonchev–Trinajstić information content (AvgIpc) is 2.92. The summed E-state index contributed by atoms with van der Waals surface area (Å²) in [4.78, 5) is 0. The Morgan fingerprint density at radius 2 is 0.921 bits per heavy atom. The fraction of sp³-hybridized carbons (Fsp3) is 0.833. The van der Waals surface area contributed by atoms with E-state index in [0.717, 1.165) is 44.9 Å².